The van der Waals surface area contributed by atoms with Crippen LogP contribution in [0.25, 0.3) is 11.2 Å². The first kappa shape index (κ1) is 77.2. The minimum absolute atomic E-state index is 0.0717. The van der Waals surface area contributed by atoms with Gasteiger partial charge in [-0.1, -0.05) is 84.9 Å². The number of ether oxygens (including phenoxy) is 11. The molecule has 102 heavy (non-hydrogen) atoms. The molecule has 3 aromatic heterocycles. The lowest BCUT2D eigenvalue weighted by Gasteiger charge is -2.43. The number of amides is 2. The SMILES string of the molecule is COc1ccc(C(OCC2O[C@@H](n3cnc4c(NC(=O)c5ccccc5)ncnc43)[C@H](OCc3cn(CCOCCNC(=O)CCCCOC4OC(COC(C)=O)C(OC(C)=O)C(OC(C)=O)C4C)nn3)[C@@H]2OP(OCCC#N)N(C(C)C)C(C)C)(c2ccccc2)c2ccc(OC)cc2)cc1. The van der Waals surface area contributed by atoms with Crippen LogP contribution in [0, 0.1) is 17.2 Å². The number of hydrogen-bond donors (Lipinski definition) is 2. The number of nitrogens with one attached hydrogen (secondary N) is 2. The molecular weight excluding hydrogens is 1340 g/mol. The summed E-state index contributed by atoms with van der Waals surface area (Å²) in [5.41, 5.74) is 2.50. The second-order valence-corrected chi connectivity index (χ2v) is 26.2. The summed E-state index contributed by atoms with van der Waals surface area (Å²) in [6.45, 7) is 14.4. The lowest BCUT2D eigenvalue weighted by Crippen LogP contribution is -2.58. The summed E-state index contributed by atoms with van der Waals surface area (Å²) in [5, 5.41) is 24.5. The Kier molecular flexibility index (Phi) is 28.7. The van der Waals surface area contributed by atoms with Crippen molar-refractivity contribution in [3.05, 3.63) is 156 Å². The first-order chi connectivity index (χ1) is 49.3. The molecule has 546 valence electrons. The van der Waals surface area contributed by atoms with Gasteiger partial charge in [-0.25, -0.2) is 24.3 Å². The number of methoxy groups -OCH3 is 2. The second kappa shape index (κ2) is 37.8. The van der Waals surface area contributed by atoms with E-state index in [1.54, 1.807) is 67.2 Å². The standard InChI is InChI=1S/C72H90N11O18P/c1-46(2)83(47(3)4)102(96-37-19-33-73)101-65-60(43-95-72(53-22-15-12-16-23-53,54-25-29-57(89-9)30-26-54)55-27-31-58(90-10)32-28-55)99-70(82-45-77-62-67(75-44-76-68(62)82)78-69(88)52-20-13-11-14-21-52)66(65)94-41-56-40-81(80-79-56)35-39-91-38-34-74-61(87)24-17-18-36-92-71-48(5)63(97-50(7)85)64(98-51(8)86)59(100-71)42-93-49(6)84/h11-16,20-23,25-32,40,44-48,59-60,63-66,70-71H,17-19,24,34-39,41-43H2,1-10H3,(H,74,87)(H,75,76,78,88)/t48?,59?,60?,63?,64?,65-,66-,70-,71?,102?/m1/s1. The molecule has 5 heterocycles. The lowest BCUT2D eigenvalue weighted by molar-refractivity contribution is -0.288. The molecule has 30 heteroatoms. The number of carbonyl (C=O) groups excluding carboxylic acids is 5. The van der Waals surface area contributed by atoms with E-state index in [-0.39, 0.29) is 95.0 Å². The lowest BCUT2D eigenvalue weighted by atomic mass is 9.80. The van der Waals surface area contributed by atoms with Gasteiger partial charge in [0, 0.05) is 63.9 Å². The maximum absolute atomic E-state index is 13.6. The van der Waals surface area contributed by atoms with Gasteiger partial charge in [-0.2, -0.15) is 5.26 Å². The predicted octanol–water partition coefficient (Wildman–Crippen LogP) is 8.95. The van der Waals surface area contributed by atoms with Crippen molar-refractivity contribution in [3.63, 3.8) is 0 Å². The number of nitrogens with zero attached hydrogens (tertiary/aromatic N) is 9. The van der Waals surface area contributed by atoms with E-state index in [9.17, 15) is 29.2 Å². The zero-order valence-corrected chi connectivity index (χ0v) is 59.9. The molecule has 2 N–H and O–H groups in total. The molecule has 29 nitrogen and oxygen atoms in total. The Morgan fingerprint density at radius 2 is 1.36 bits per heavy atom. The van der Waals surface area contributed by atoms with Gasteiger partial charge in [0.15, 0.2) is 35.6 Å². The number of carbonyl (C=O) groups is 5. The fourth-order valence-corrected chi connectivity index (χ4v) is 13.9. The Bertz CT molecular complexity index is 3810. The summed E-state index contributed by atoms with van der Waals surface area (Å²) in [6, 6.07) is 36.1. The molecule has 2 aliphatic rings. The molecule has 0 saturated carbocycles. The molecule has 9 rings (SSSR count). The van der Waals surface area contributed by atoms with E-state index in [2.05, 4.69) is 36.7 Å². The Hall–Kier alpha value is -8.92. The summed E-state index contributed by atoms with van der Waals surface area (Å²) in [6.07, 6.45) is -1.98. The summed E-state index contributed by atoms with van der Waals surface area (Å²) in [4.78, 5) is 76.2. The Labute approximate surface area is 593 Å². The fraction of sp³-hybridized carbons (Fsp3) is 0.486. The molecule has 0 bridgehead atoms. The maximum atomic E-state index is 13.6. The van der Waals surface area contributed by atoms with Gasteiger partial charge in [0.05, 0.1) is 78.8 Å². The molecule has 4 aromatic carbocycles. The van der Waals surface area contributed by atoms with Crippen molar-refractivity contribution >= 4 is 55.2 Å². The van der Waals surface area contributed by atoms with E-state index in [4.69, 9.17) is 71.1 Å². The van der Waals surface area contributed by atoms with Crippen molar-refractivity contribution in [2.45, 2.75) is 161 Å². The van der Waals surface area contributed by atoms with Gasteiger partial charge in [0.1, 0.15) is 66.2 Å². The van der Waals surface area contributed by atoms with Crippen LogP contribution < -0.4 is 20.1 Å². The number of unbranched alkanes of at least 4 members (excludes halogenated alkanes) is 1. The number of benzene rings is 4. The van der Waals surface area contributed by atoms with E-state index in [1.807, 2.05) is 113 Å². The van der Waals surface area contributed by atoms with Gasteiger partial charge in [-0.15, -0.1) is 5.10 Å². The van der Waals surface area contributed by atoms with Crippen LogP contribution in [0.2, 0.25) is 0 Å². The van der Waals surface area contributed by atoms with Gasteiger partial charge in [-0.3, -0.25) is 28.5 Å². The molecular formula is C72H90N11O18P. The highest BCUT2D eigenvalue weighted by Gasteiger charge is 2.53. The van der Waals surface area contributed by atoms with Gasteiger partial charge < -0.3 is 71.8 Å². The average Bonchev–Trinajstić information content (AvgIpc) is 1.22. The number of esters is 3. The minimum atomic E-state index is -1.97. The Morgan fingerprint density at radius 1 is 0.716 bits per heavy atom. The molecule has 2 saturated heterocycles. The topological polar surface area (TPSA) is 331 Å². The number of hydrogen-bond acceptors (Lipinski definition) is 25. The molecule has 10 atom stereocenters. The smallest absolute Gasteiger partial charge is 0.303 e. The number of nitriles is 1. The largest absolute Gasteiger partial charge is 0.497 e. The number of rotatable bonds is 38. The van der Waals surface area contributed by atoms with Crippen LogP contribution in [0.15, 0.2) is 128 Å². The first-order valence-electron chi connectivity index (χ1n) is 33.8. The van der Waals surface area contributed by atoms with Crippen LogP contribution in [-0.4, -0.2) is 184 Å². The third-order valence-electron chi connectivity index (χ3n) is 16.8. The zero-order chi connectivity index (χ0) is 72.7. The van der Waals surface area contributed by atoms with Crippen molar-refractivity contribution in [2.24, 2.45) is 5.92 Å². The summed E-state index contributed by atoms with van der Waals surface area (Å²) < 4.78 is 87.0. The van der Waals surface area contributed by atoms with Crippen LogP contribution >= 0.6 is 8.53 Å². The Morgan fingerprint density at radius 3 is 2.00 bits per heavy atom. The quantitative estimate of drug-likeness (QED) is 0.0120. The predicted molar refractivity (Wildman–Crippen MR) is 370 cm³/mol. The van der Waals surface area contributed by atoms with Crippen molar-refractivity contribution < 1.29 is 85.1 Å². The van der Waals surface area contributed by atoms with Gasteiger partial charge in [0.25, 0.3) is 14.4 Å². The zero-order valence-electron chi connectivity index (χ0n) is 59.0. The van der Waals surface area contributed by atoms with Crippen molar-refractivity contribution in [1.29, 1.82) is 5.26 Å². The minimum Gasteiger partial charge on any atom is -0.497 e. The Balaban J connectivity index is 0.921. The first-order valence-corrected chi connectivity index (χ1v) is 35.0. The van der Waals surface area contributed by atoms with Crippen LogP contribution in [0.3, 0.4) is 0 Å². The van der Waals surface area contributed by atoms with Crippen LogP contribution in [0.5, 0.6) is 11.5 Å². The molecule has 2 fully saturated rings. The molecule has 2 amide bonds. The molecule has 2 aliphatic heterocycles. The number of fused-ring (bicyclic) bond motifs is 1. The summed E-state index contributed by atoms with van der Waals surface area (Å²) >= 11 is 0. The van der Waals surface area contributed by atoms with Crippen molar-refractivity contribution in [2.75, 3.05) is 65.7 Å². The summed E-state index contributed by atoms with van der Waals surface area (Å²) in [5.74, 6) is -1.49. The number of anilines is 1. The summed E-state index contributed by atoms with van der Waals surface area (Å²) in [7, 11) is 1.25. The van der Waals surface area contributed by atoms with Crippen LogP contribution in [0.1, 0.15) is 120 Å². The van der Waals surface area contributed by atoms with E-state index in [0.29, 0.717) is 47.8 Å². The maximum Gasteiger partial charge on any atom is 0.303 e. The van der Waals surface area contributed by atoms with Crippen LogP contribution in [0.4, 0.5) is 5.82 Å². The molecule has 0 radical (unpaired) electrons. The third-order valence-corrected chi connectivity index (χ3v) is 19.0. The van der Waals surface area contributed by atoms with Gasteiger partial charge >= 0.3 is 17.9 Å². The fourth-order valence-electron chi connectivity index (χ4n) is 12.1. The highest BCUT2D eigenvalue weighted by Crippen LogP contribution is 2.52. The van der Waals surface area contributed by atoms with E-state index in [1.165, 1.54) is 27.1 Å². The van der Waals surface area contributed by atoms with Gasteiger partial charge in [-0.05, 0) is 93.6 Å². The third kappa shape index (κ3) is 20.2. The molecule has 0 aliphatic carbocycles. The average molecular weight is 1430 g/mol. The number of aromatic nitrogens is 7. The second-order valence-electron chi connectivity index (χ2n) is 24.8. The van der Waals surface area contributed by atoms with Crippen molar-refractivity contribution in [3.8, 4) is 17.6 Å². The van der Waals surface area contributed by atoms with Crippen molar-refractivity contribution in [1.82, 2.24) is 44.5 Å². The van der Waals surface area contributed by atoms with E-state index < -0.39 is 93.0 Å². The van der Waals surface area contributed by atoms with Gasteiger partial charge in [0.2, 0.25) is 5.91 Å². The number of imidazole rings is 1. The molecule has 0 spiro atoms. The monoisotopic (exact) mass is 1430 g/mol. The normalized spacial score (nSPS) is 20.1. The highest BCUT2D eigenvalue weighted by atomic mass is 31.2. The van der Waals surface area contributed by atoms with E-state index in [0.717, 1.165) is 16.7 Å². The molecule has 7 aromatic rings. The highest BCUT2D eigenvalue weighted by molar-refractivity contribution is 7.44. The van der Waals surface area contributed by atoms with E-state index >= 15 is 0 Å². The van der Waals surface area contributed by atoms with Crippen LogP contribution in [-0.2, 0) is 89.6 Å². The molecule has 7 unspecified atom stereocenters.